The molecule has 1 saturated carbocycles. The first kappa shape index (κ1) is 16.5. The van der Waals surface area contributed by atoms with Gasteiger partial charge in [-0.25, -0.2) is 0 Å². The largest absolute Gasteiger partial charge is 0.316 e. The van der Waals surface area contributed by atoms with E-state index in [1.54, 1.807) is 5.56 Å². The van der Waals surface area contributed by atoms with Gasteiger partial charge in [-0.15, -0.1) is 0 Å². The third-order valence-electron chi connectivity index (χ3n) is 5.35. The summed E-state index contributed by atoms with van der Waals surface area (Å²) >= 11 is 0. The minimum Gasteiger partial charge on any atom is -0.316 e. The van der Waals surface area contributed by atoms with E-state index in [0.29, 0.717) is 11.3 Å². The van der Waals surface area contributed by atoms with Gasteiger partial charge in [-0.05, 0) is 48.3 Å². The minimum absolute atomic E-state index is 0.352. The van der Waals surface area contributed by atoms with Crippen LogP contribution in [-0.4, -0.2) is 13.1 Å². The van der Waals surface area contributed by atoms with Crippen molar-refractivity contribution in [3.05, 3.63) is 35.4 Å². The van der Waals surface area contributed by atoms with Crippen molar-refractivity contribution in [2.24, 2.45) is 11.8 Å². The number of rotatable bonds is 6. The van der Waals surface area contributed by atoms with E-state index in [2.05, 4.69) is 64.2 Å². The van der Waals surface area contributed by atoms with E-state index in [4.69, 9.17) is 0 Å². The van der Waals surface area contributed by atoms with Gasteiger partial charge in [0.15, 0.2) is 0 Å². The Hall–Kier alpha value is -0.820. The molecule has 0 radical (unpaired) electrons. The summed E-state index contributed by atoms with van der Waals surface area (Å²) in [6, 6.07) is 9.48. The molecule has 118 valence electrons. The summed E-state index contributed by atoms with van der Waals surface area (Å²) in [6.45, 7) is 13.8. The molecule has 1 heteroatoms. The molecule has 0 amide bonds. The number of benzene rings is 1. The fourth-order valence-corrected chi connectivity index (χ4v) is 3.82. The zero-order chi connectivity index (χ0) is 15.5. The first-order chi connectivity index (χ1) is 9.95. The van der Waals surface area contributed by atoms with Crippen LogP contribution in [0.4, 0.5) is 0 Å². The zero-order valence-corrected chi connectivity index (χ0v) is 14.6. The molecule has 1 N–H and O–H groups in total. The summed E-state index contributed by atoms with van der Waals surface area (Å²) in [7, 11) is 0. The van der Waals surface area contributed by atoms with E-state index in [9.17, 15) is 0 Å². The van der Waals surface area contributed by atoms with Crippen molar-refractivity contribution in [3.8, 4) is 0 Å². The van der Waals surface area contributed by atoms with Crippen LogP contribution in [0.1, 0.15) is 70.9 Å². The standard InChI is InChI=1S/C20H33N/c1-15(2)13-21-14-20(12-6-7-17(20)5)19-10-8-18(9-11-19)16(3)4/h8-11,15-17,21H,6-7,12-14H2,1-5H3. The van der Waals surface area contributed by atoms with E-state index in [-0.39, 0.29) is 0 Å². The normalized spacial score (nSPS) is 26.0. The molecular weight excluding hydrogens is 254 g/mol. The fraction of sp³-hybridized carbons (Fsp3) is 0.700. The Kier molecular flexibility index (Phi) is 5.48. The molecule has 2 unspecified atom stereocenters. The van der Waals surface area contributed by atoms with E-state index >= 15 is 0 Å². The number of hydrogen-bond donors (Lipinski definition) is 1. The highest BCUT2D eigenvalue weighted by Gasteiger charge is 2.41. The first-order valence-corrected chi connectivity index (χ1v) is 8.77. The lowest BCUT2D eigenvalue weighted by molar-refractivity contribution is 0.312. The first-order valence-electron chi connectivity index (χ1n) is 8.77. The Labute approximate surface area is 131 Å². The van der Waals surface area contributed by atoms with Crippen molar-refractivity contribution in [3.63, 3.8) is 0 Å². The molecule has 0 saturated heterocycles. The smallest absolute Gasteiger partial charge is 0.0103 e. The molecule has 0 bridgehead atoms. The zero-order valence-electron chi connectivity index (χ0n) is 14.6. The summed E-state index contributed by atoms with van der Waals surface area (Å²) in [5.74, 6) is 2.12. The van der Waals surface area contributed by atoms with Gasteiger partial charge < -0.3 is 5.32 Å². The van der Waals surface area contributed by atoms with Crippen LogP contribution in [0.5, 0.6) is 0 Å². The minimum atomic E-state index is 0.352. The molecule has 1 aromatic carbocycles. The van der Waals surface area contributed by atoms with Crippen LogP contribution in [-0.2, 0) is 5.41 Å². The second kappa shape index (κ2) is 6.96. The lowest BCUT2D eigenvalue weighted by atomic mass is 9.72. The van der Waals surface area contributed by atoms with Crippen LogP contribution in [0, 0.1) is 11.8 Å². The molecular formula is C20H33N. The molecule has 0 aliphatic heterocycles. The Morgan fingerprint density at radius 1 is 1.14 bits per heavy atom. The molecule has 1 aliphatic rings. The predicted octanol–water partition coefficient (Wildman–Crippen LogP) is 5.11. The summed E-state index contributed by atoms with van der Waals surface area (Å²) in [4.78, 5) is 0. The van der Waals surface area contributed by atoms with Gasteiger partial charge in [0.05, 0.1) is 0 Å². The molecule has 0 heterocycles. The topological polar surface area (TPSA) is 12.0 Å². The van der Waals surface area contributed by atoms with Crippen LogP contribution in [0.3, 0.4) is 0 Å². The van der Waals surface area contributed by atoms with E-state index in [1.165, 1.54) is 24.8 Å². The van der Waals surface area contributed by atoms with Gasteiger partial charge >= 0.3 is 0 Å². The van der Waals surface area contributed by atoms with Gasteiger partial charge in [-0.3, -0.25) is 0 Å². The average Bonchev–Trinajstić information content (AvgIpc) is 2.81. The number of nitrogens with one attached hydrogen (secondary N) is 1. The van der Waals surface area contributed by atoms with Gasteiger partial charge in [-0.2, -0.15) is 0 Å². The molecule has 1 fully saturated rings. The maximum Gasteiger partial charge on any atom is 0.0103 e. The Bertz CT molecular complexity index is 432. The summed E-state index contributed by atoms with van der Waals surface area (Å²) in [5, 5.41) is 3.73. The maximum absolute atomic E-state index is 3.73. The lowest BCUT2D eigenvalue weighted by Crippen LogP contribution is -2.41. The van der Waals surface area contributed by atoms with Crippen LogP contribution < -0.4 is 5.32 Å². The third kappa shape index (κ3) is 3.69. The quantitative estimate of drug-likeness (QED) is 0.766. The average molecular weight is 287 g/mol. The molecule has 1 aromatic rings. The number of hydrogen-bond acceptors (Lipinski definition) is 1. The molecule has 2 rings (SSSR count). The van der Waals surface area contributed by atoms with E-state index in [0.717, 1.165) is 24.9 Å². The highest BCUT2D eigenvalue weighted by Crippen LogP contribution is 2.45. The third-order valence-corrected chi connectivity index (χ3v) is 5.35. The Balaban J connectivity index is 2.19. The van der Waals surface area contributed by atoms with Crippen molar-refractivity contribution in [2.75, 3.05) is 13.1 Å². The highest BCUT2D eigenvalue weighted by atomic mass is 14.9. The Morgan fingerprint density at radius 2 is 1.81 bits per heavy atom. The van der Waals surface area contributed by atoms with Crippen molar-refractivity contribution < 1.29 is 0 Å². The lowest BCUT2D eigenvalue weighted by Gasteiger charge is -2.35. The maximum atomic E-state index is 3.73. The molecule has 0 aromatic heterocycles. The summed E-state index contributed by atoms with van der Waals surface area (Å²) in [5.41, 5.74) is 3.35. The van der Waals surface area contributed by atoms with E-state index < -0.39 is 0 Å². The van der Waals surface area contributed by atoms with Gasteiger partial charge in [0.25, 0.3) is 0 Å². The predicted molar refractivity (Wildman–Crippen MR) is 92.9 cm³/mol. The molecule has 1 aliphatic carbocycles. The van der Waals surface area contributed by atoms with Crippen LogP contribution in [0.15, 0.2) is 24.3 Å². The van der Waals surface area contributed by atoms with Gasteiger partial charge in [0.1, 0.15) is 0 Å². The van der Waals surface area contributed by atoms with Gasteiger partial charge in [-0.1, -0.05) is 65.3 Å². The fourth-order valence-electron chi connectivity index (χ4n) is 3.82. The van der Waals surface area contributed by atoms with Crippen molar-refractivity contribution in [1.29, 1.82) is 0 Å². The second-order valence-electron chi connectivity index (χ2n) is 7.75. The van der Waals surface area contributed by atoms with Crippen LogP contribution in [0.25, 0.3) is 0 Å². The van der Waals surface area contributed by atoms with Crippen LogP contribution in [0.2, 0.25) is 0 Å². The highest BCUT2D eigenvalue weighted by molar-refractivity contribution is 5.32. The molecule has 21 heavy (non-hydrogen) atoms. The van der Waals surface area contributed by atoms with Crippen molar-refractivity contribution in [2.45, 2.75) is 65.2 Å². The summed E-state index contributed by atoms with van der Waals surface area (Å²) in [6.07, 6.45) is 4.08. The monoisotopic (exact) mass is 287 g/mol. The molecule has 1 nitrogen and oxygen atoms in total. The SMILES string of the molecule is CC(C)CNCC1(c2ccc(C(C)C)cc2)CCCC1C. The van der Waals surface area contributed by atoms with Crippen LogP contribution >= 0.6 is 0 Å². The summed E-state index contributed by atoms with van der Waals surface area (Å²) < 4.78 is 0. The molecule has 0 spiro atoms. The van der Waals surface area contributed by atoms with E-state index in [1.807, 2.05) is 0 Å². The molecule has 2 atom stereocenters. The Morgan fingerprint density at radius 3 is 2.29 bits per heavy atom. The second-order valence-corrected chi connectivity index (χ2v) is 7.75. The van der Waals surface area contributed by atoms with Gasteiger partial charge in [0, 0.05) is 12.0 Å². The van der Waals surface area contributed by atoms with Gasteiger partial charge in [0.2, 0.25) is 0 Å². The van der Waals surface area contributed by atoms with Crippen molar-refractivity contribution in [1.82, 2.24) is 5.32 Å². The van der Waals surface area contributed by atoms with Crippen molar-refractivity contribution >= 4 is 0 Å².